The smallest absolute Gasteiger partial charge is 0.222 e. The molecule has 0 aliphatic rings. The molecule has 1 rings (SSSR count). The quantitative estimate of drug-likeness (QED) is 0.234. The average molecular weight is 404 g/mol. The van der Waals surface area contributed by atoms with Crippen molar-refractivity contribution in [1.29, 1.82) is 0 Å². The molecule has 3 nitrogen and oxygen atoms in total. The number of benzene rings is 1. The number of hydrogen-bond acceptors (Lipinski definition) is 2. The van der Waals surface area contributed by atoms with E-state index in [-0.39, 0.29) is 11.8 Å². The molecule has 0 unspecified atom stereocenters. The highest BCUT2D eigenvalue weighted by molar-refractivity contribution is 5.76. The summed E-state index contributed by atoms with van der Waals surface area (Å²) < 4.78 is 5.71. The number of carbonyl (C=O) groups is 1. The van der Waals surface area contributed by atoms with Crippen molar-refractivity contribution in [3.63, 3.8) is 0 Å². The Morgan fingerprint density at radius 3 is 1.76 bits per heavy atom. The third-order valence-corrected chi connectivity index (χ3v) is 5.74. The van der Waals surface area contributed by atoms with Crippen LogP contribution in [0, 0.1) is 5.92 Å². The number of unbranched alkanes of at least 4 members (excludes halogenated alkanes) is 13. The van der Waals surface area contributed by atoms with E-state index in [1.807, 2.05) is 30.3 Å². The van der Waals surface area contributed by atoms with Crippen molar-refractivity contribution in [3.05, 3.63) is 35.9 Å². The van der Waals surface area contributed by atoms with Crippen molar-refractivity contribution in [2.45, 2.75) is 110 Å². The third kappa shape index (κ3) is 15.2. The Bertz CT molecular complexity index is 489. The van der Waals surface area contributed by atoms with E-state index in [0.29, 0.717) is 13.2 Å². The molecule has 166 valence electrons. The maximum atomic E-state index is 11.6. The van der Waals surface area contributed by atoms with Crippen molar-refractivity contribution in [2.24, 2.45) is 11.7 Å². The van der Waals surface area contributed by atoms with E-state index in [0.717, 1.165) is 18.4 Å². The first-order chi connectivity index (χ1) is 14.2. The number of nitrogens with two attached hydrogens (primary N) is 1. The van der Waals surface area contributed by atoms with Gasteiger partial charge in [-0.3, -0.25) is 4.79 Å². The van der Waals surface area contributed by atoms with Gasteiger partial charge < -0.3 is 10.5 Å². The maximum absolute atomic E-state index is 11.6. The Balaban J connectivity index is 1.91. The monoisotopic (exact) mass is 403 g/mol. The van der Waals surface area contributed by atoms with Crippen LogP contribution >= 0.6 is 0 Å². The molecule has 0 aliphatic heterocycles. The lowest BCUT2D eigenvalue weighted by atomic mass is 10.00. The predicted molar refractivity (Wildman–Crippen MR) is 124 cm³/mol. The van der Waals surface area contributed by atoms with Gasteiger partial charge in [-0.15, -0.1) is 0 Å². The number of hydrogen-bond donors (Lipinski definition) is 1. The van der Waals surface area contributed by atoms with Crippen molar-refractivity contribution in [3.8, 4) is 0 Å². The van der Waals surface area contributed by atoms with Crippen LogP contribution in [0.4, 0.5) is 0 Å². The number of primary amides is 1. The van der Waals surface area contributed by atoms with E-state index in [9.17, 15) is 4.79 Å². The molecule has 1 aromatic rings. The van der Waals surface area contributed by atoms with Gasteiger partial charge in [0.2, 0.25) is 5.91 Å². The SMILES string of the molecule is CCCCCCCCCCCCCCCC[C@H](COCc1ccccc1)C(N)=O. The summed E-state index contributed by atoms with van der Waals surface area (Å²) in [4.78, 5) is 11.6. The van der Waals surface area contributed by atoms with E-state index in [1.54, 1.807) is 0 Å². The van der Waals surface area contributed by atoms with Gasteiger partial charge in [0, 0.05) is 0 Å². The minimum Gasteiger partial charge on any atom is -0.376 e. The van der Waals surface area contributed by atoms with Gasteiger partial charge in [-0.1, -0.05) is 127 Å². The standard InChI is InChI=1S/C26H45NO2/c1-2-3-4-5-6-7-8-9-10-11-12-13-14-18-21-25(26(27)28)23-29-22-24-19-16-15-17-20-24/h15-17,19-20,25H,2-14,18,21-23H2,1H3,(H2,27,28)/t25-/m1/s1. The van der Waals surface area contributed by atoms with Gasteiger partial charge in [0.1, 0.15) is 0 Å². The van der Waals surface area contributed by atoms with E-state index in [2.05, 4.69) is 6.92 Å². The van der Waals surface area contributed by atoms with Gasteiger partial charge >= 0.3 is 0 Å². The van der Waals surface area contributed by atoms with Crippen LogP contribution in [0.5, 0.6) is 0 Å². The van der Waals surface area contributed by atoms with Crippen LogP contribution in [0.3, 0.4) is 0 Å². The van der Waals surface area contributed by atoms with Crippen LogP contribution in [0.15, 0.2) is 30.3 Å². The van der Waals surface area contributed by atoms with Crippen molar-refractivity contribution < 1.29 is 9.53 Å². The second-order valence-electron chi connectivity index (χ2n) is 8.48. The van der Waals surface area contributed by atoms with Crippen molar-refractivity contribution in [2.75, 3.05) is 6.61 Å². The second kappa shape index (κ2) is 18.7. The Morgan fingerprint density at radius 1 is 0.793 bits per heavy atom. The molecule has 1 amide bonds. The Labute approximate surface area is 179 Å². The van der Waals surface area contributed by atoms with Gasteiger partial charge in [0.25, 0.3) is 0 Å². The average Bonchev–Trinajstić information content (AvgIpc) is 2.73. The van der Waals surface area contributed by atoms with E-state index in [4.69, 9.17) is 10.5 Å². The molecule has 0 aromatic heterocycles. The summed E-state index contributed by atoms with van der Waals surface area (Å²) in [6.07, 6.45) is 19.7. The van der Waals surface area contributed by atoms with Gasteiger partial charge in [0.15, 0.2) is 0 Å². The highest BCUT2D eigenvalue weighted by atomic mass is 16.5. The molecule has 0 saturated carbocycles. The molecule has 3 heteroatoms. The Kier molecular flexibility index (Phi) is 16.5. The van der Waals surface area contributed by atoms with E-state index in [1.165, 1.54) is 83.5 Å². The minimum atomic E-state index is -0.229. The van der Waals surface area contributed by atoms with Crippen LogP contribution in [0.2, 0.25) is 0 Å². The van der Waals surface area contributed by atoms with E-state index < -0.39 is 0 Å². The molecule has 2 N–H and O–H groups in total. The first kappa shape index (κ1) is 25.7. The molecule has 0 aliphatic carbocycles. The highest BCUT2D eigenvalue weighted by Gasteiger charge is 2.15. The largest absolute Gasteiger partial charge is 0.376 e. The zero-order chi connectivity index (χ0) is 21.0. The number of ether oxygens (including phenoxy) is 1. The molecule has 0 heterocycles. The number of amides is 1. The summed E-state index contributed by atoms with van der Waals surface area (Å²) in [5, 5.41) is 0. The van der Waals surface area contributed by atoms with Gasteiger partial charge in [-0.2, -0.15) is 0 Å². The number of carbonyl (C=O) groups excluding carboxylic acids is 1. The lowest BCUT2D eigenvalue weighted by molar-refractivity contribution is -0.124. The minimum absolute atomic E-state index is 0.156. The van der Waals surface area contributed by atoms with Crippen molar-refractivity contribution in [1.82, 2.24) is 0 Å². The van der Waals surface area contributed by atoms with Crippen LogP contribution in [0.1, 0.15) is 109 Å². The topological polar surface area (TPSA) is 52.3 Å². The summed E-state index contributed by atoms with van der Waals surface area (Å²) in [6, 6.07) is 10.1. The third-order valence-electron chi connectivity index (χ3n) is 5.74. The first-order valence-corrected chi connectivity index (χ1v) is 12.1. The summed E-state index contributed by atoms with van der Waals surface area (Å²) in [7, 11) is 0. The fourth-order valence-electron chi connectivity index (χ4n) is 3.79. The summed E-state index contributed by atoms with van der Waals surface area (Å²) in [5.41, 5.74) is 6.68. The second-order valence-corrected chi connectivity index (χ2v) is 8.48. The number of rotatable bonds is 20. The van der Waals surface area contributed by atoms with E-state index >= 15 is 0 Å². The van der Waals surface area contributed by atoms with Crippen LogP contribution in [0.25, 0.3) is 0 Å². The normalized spacial score (nSPS) is 12.2. The molecule has 0 spiro atoms. The molecular formula is C26H45NO2. The molecular weight excluding hydrogens is 358 g/mol. The molecule has 0 saturated heterocycles. The molecule has 0 bridgehead atoms. The fourth-order valence-corrected chi connectivity index (χ4v) is 3.79. The van der Waals surface area contributed by atoms with Gasteiger partial charge in [-0.25, -0.2) is 0 Å². The van der Waals surface area contributed by atoms with Crippen LogP contribution < -0.4 is 5.73 Å². The lowest BCUT2D eigenvalue weighted by Gasteiger charge is -2.13. The molecule has 29 heavy (non-hydrogen) atoms. The Morgan fingerprint density at radius 2 is 1.28 bits per heavy atom. The lowest BCUT2D eigenvalue weighted by Crippen LogP contribution is -2.27. The first-order valence-electron chi connectivity index (χ1n) is 12.1. The molecule has 0 radical (unpaired) electrons. The fraction of sp³-hybridized carbons (Fsp3) is 0.731. The summed E-state index contributed by atoms with van der Waals surface area (Å²) >= 11 is 0. The van der Waals surface area contributed by atoms with Crippen molar-refractivity contribution >= 4 is 5.91 Å². The summed E-state index contributed by atoms with van der Waals surface area (Å²) in [5.74, 6) is -0.385. The maximum Gasteiger partial charge on any atom is 0.222 e. The molecule has 1 aromatic carbocycles. The molecule has 0 fully saturated rings. The van der Waals surface area contributed by atoms with Crippen LogP contribution in [-0.2, 0) is 16.1 Å². The molecule has 1 atom stereocenters. The van der Waals surface area contributed by atoms with Gasteiger partial charge in [-0.05, 0) is 12.0 Å². The zero-order valence-electron chi connectivity index (χ0n) is 18.9. The predicted octanol–water partition coefficient (Wildman–Crippen LogP) is 7.18. The summed E-state index contributed by atoms with van der Waals surface area (Å²) in [6.45, 7) is 3.25. The van der Waals surface area contributed by atoms with Gasteiger partial charge in [0.05, 0.1) is 19.1 Å². The van der Waals surface area contributed by atoms with Crippen LogP contribution in [-0.4, -0.2) is 12.5 Å². The Hall–Kier alpha value is -1.35. The zero-order valence-corrected chi connectivity index (χ0v) is 18.9. The highest BCUT2D eigenvalue weighted by Crippen LogP contribution is 2.15.